The zero-order valence-corrected chi connectivity index (χ0v) is 11.2. The molecule has 1 rings (SSSR count). The molecule has 0 N–H and O–H groups in total. The third-order valence-corrected chi connectivity index (χ3v) is 2.85. The number of esters is 2. The lowest BCUT2D eigenvalue weighted by molar-refractivity contribution is -0.144. The molecule has 0 saturated heterocycles. The summed E-state index contributed by atoms with van der Waals surface area (Å²) < 4.78 is 9.78. The van der Waals surface area contributed by atoms with E-state index in [1.54, 1.807) is 0 Å². The highest BCUT2D eigenvalue weighted by Crippen LogP contribution is 2.26. The van der Waals surface area contributed by atoms with Gasteiger partial charge in [-0.2, -0.15) is 0 Å². The molecule has 0 saturated carbocycles. The SMILES string of the molecule is COC(=O)CCC(=O)Oc1c(C)ccc(C)c1C. The lowest BCUT2D eigenvalue weighted by Gasteiger charge is -2.12. The van der Waals surface area contributed by atoms with E-state index in [0.717, 1.165) is 16.7 Å². The van der Waals surface area contributed by atoms with Gasteiger partial charge in [0.25, 0.3) is 0 Å². The highest BCUT2D eigenvalue weighted by molar-refractivity contribution is 5.79. The van der Waals surface area contributed by atoms with Gasteiger partial charge in [0.05, 0.1) is 20.0 Å². The van der Waals surface area contributed by atoms with E-state index in [1.807, 2.05) is 32.9 Å². The Hall–Kier alpha value is -1.84. The maximum Gasteiger partial charge on any atom is 0.311 e. The van der Waals surface area contributed by atoms with Crippen molar-refractivity contribution in [1.29, 1.82) is 0 Å². The quantitative estimate of drug-likeness (QED) is 0.608. The van der Waals surface area contributed by atoms with Gasteiger partial charge >= 0.3 is 11.9 Å². The van der Waals surface area contributed by atoms with Crippen LogP contribution in [0.15, 0.2) is 12.1 Å². The number of hydrogen-bond donors (Lipinski definition) is 0. The van der Waals surface area contributed by atoms with Crippen LogP contribution in [0.3, 0.4) is 0 Å². The molecule has 0 unspecified atom stereocenters. The smallest absolute Gasteiger partial charge is 0.311 e. The summed E-state index contributed by atoms with van der Waals surface area (Å²) in [5, 5.41) is 0. The average Bonchev–Trinajstić information content (AvgIpc) is 2.36. The molecule has 0 aromatic heterocycles. The number of hydrogen-bond acceptors (Lipinski definition) is 4. The van der Waals surface area contributed by atoms with Crippen LogP contribution in [-0.4, -0.2) is 19.0 Å². The second kappa shape index (κ2) is 6.19. The van der Waals surface area contributed by atoms with Crippen LogP contribution < -0.4 is 4.74 Å². The molecule has 0 spiro atoms. The number of carbonyl (C=O) groups is 2. The van der Waals surface area contributed by atoms with E-state index in [9.17, 15) is 9.59 Å². The monoisotopic (exact) mass is 250 g/mol. The highest BCUT2D eigenvalue weighted by Gasteiger charge is 2.13. The van der Waals surface area contributed by atoms with E-state index < -0.39 is 11.9 Å². The summed E-state index contributed by atoms with van der Waals surface area (Å²) in [7, 11) is 1.29. The molecule has 18 heavy (non-hydrogen) atoms. The highest BCUT2D eigenvalue weighted by atomic mass is 16.5. The van der Waals surface area contributed by atoms with Crippen LogP contribution in [-0.2, 0) is 14.3 Å². The minimum atomic E-state index is -0.419. The van der Waals surface area contributed by atoms with E-state index in [4.69, 9.17) is 4.74 Å². The summed E-state index contributed by atoms with van der Waals surface area (Å²) in [6, 6.07) is 3.89. The lowest BCUT2D eigenvalue weighted by atomic mass is 10.1. The van der Waals surface area contributed by atoms with Crippen molar-refractivity contribution in [3.63, 3.8) is 0 Å². The summed E-state index contributed by atoms with van der Waals surface area (Å²) in [6.07, 6.45) is 0.0682. The number of aryl methyl sites for hydroxylation is 2. The van der Waals surface area contributed by atoms with Gasteiger partial charge in [0.1, 0.15) is 5.75 Å². The van der Waals surface area contributed by atoms with Gasteiger partial charge in [-0.3, -0.25) is 9.59 Å². The zero-order valence-electron chi connectivity index (χ0n) is 11.2. The van der Waals surface area contributed by atoms with Gasteiger partial charge < -0.3 is 9.47 Å². The Labute approximate surface area is 107 Å². The number of methoxy groups -OCH3 is 1. The molecule has 0 aliphatic rings. The topological polar surface area (TPSA) is 52.6 Å². The fourth-order valence-electron chi connectivity index (χ4n) is 1.55. The van der Waals surface area contributed by atoms with Crippen molar-refractivity contribution in [2.45, 2.75) is 33.6 Å². The van der Waals surface area contributed by atoms with E-state index in [-0.39, 0.29) is 12.8 Å². The van der Waals surface area contributed by atoms with Gasteiger partial charge in [-0.1, -0.05) is 12.1 Å². The third kappa shape index (κ3) is 3.58. The fourth-order valence-corrected chi connectivity index (χ4v) is 1.55. The Morgan fingerprint density at radius 3 is 2.17 bits per heavy atom. The molecule has 0 atom stereocenters. The first-order chi connectivity index (χ1) is 8.45. The largest absolute Gasteiger partial charge is 0.469 e. The Morgan fingerprint density at radius 2 is 1.56 bits per heavy atom. The van der Waals surface area contributed by atoms with Crippen molar-refractivity contribution in [1.82, 2.24) is 0 Å². The van der Waals surface area contributed by atoms with Crippen LogP contribution in [0.1, 0.15) is 29.5 Å². The second-order valence-corrected chi connectivity index (χ2v) is 4.20. The van der Waals surface area contributed by atoms with Crippen molar-refractivity contribution >= 4 is 11.9 Å². The van der Waals surface area contributed by atoms with Crippen LogP contribution in [0.4, 0.5) is 0 Å². The Bertz CT molecular complexity index is 463. The van der Waals surface area contributed by atoms with Gasteiger partial charge in [0.2, 0.25) is 0 Å². The minimum Gasteiger partial charge on any atom is -0.469 e. The molecule has 0 bridgehead atoms. The Kier molecular flexibility index (Phi) is 4.89. The summed E-state index contributed by atoms with van der Waals surface area (Å²) in [4.78, 5) is 22.5. The molecule has 4 nitrogen and oxygen atoms in total. The fraction of sp³-hybridized carbons (Fsp3) is 0.429. The standard InChI is InChI=1S/C14H18O4/c1-9-5-6-10(2)14(11(9)3)18-13(16)8-7-12(15)17-4/h5-6H,7-8H2,1-4H3. The van der Waals surface area contributed by atoms with Gasteiger partial charge in [0.15, 0.2) is 0 Å². The molecular weight excluding hydrogens is 232 g/mol. The van der Waals surface area contributed by atoms with Crippen molar-refractivity contribution in [3.05, 3.63) is 28.8 Å². The van der Waals surface area contributed by atoms with E-state index >= 15 is 0 Å². The summed E-state index contributed by atoms with van der Waals surface area (Å²) in [6.45, 7) is 5.75. The molecule has 0 aliphatic heterocycles. The van der Waals surface area contributed by atoms with Crippen LogP contribution in [0, 0.1) is 20.8 Å². The number of carbonyl (C=O) groups excluding carboxylic acids is 2. The number of ether oxygens (including phenoxy) is 2. The van der Waals surface area contributed by atoms with Crippen molar-refractivity contribution in [2.24, 2.45) is 0 Å². The lowest BCUT2D eigenvalue weighted by Crippen LogP contribution is -2.12. The minimum absolute atomic E-state index is 0.0273. The Balaban J connectivity index is 2.70. The van der Waals surface area contributed by atoms with Crippen molar-refractivity contribution < 1.29 is 19.1 Å². The predicted molar refractivity (Wildman–Crippen MR) is 67.5 cm³/mol. The van der Waals surface area contributed by atoms with Crippen LogP contribution in [0.25, 0.3) is 0 Å². The summed E-state index contributed by atoms with van der Waals surface area (Å²) in [5.41, 5.74) is 2.92. The van der Waals surface area contributed by atoms with Gasteiger partial charge in [-0.05, 0) is 37.5 Å². The van der Waals surface area contributed by atoms with Crippen LogP contribution in [0.5, 0.6) is 5.75 Å². The number of rotatable bonds is 4. The van der Waals surface area contributed by atoms with Gasteiger partial charge in [-0.15, -0.1) is 0 Å². The molecule has 0 fully saturated rings. The van der Waals surface area contributed by atoms with Crippen LogP contribution >= 0.6 is 0 Å². The molecule has 4 heteroatoms. The average molecular weight is 250 g/mol. The maximum absolute atomic E-state index is 11.6. The van der Waals surface area contributed by atoms with Crippen molar-refractivity contribution in [2.75, 3.05) is 7.11 Å². The normalized spacial score (nSPS) is 10.0. The van der Waals surface area contributed by atoms with E-state index in [0.29, 0.717) is 5.75 Å². The molecular formula is C14H18O4. The predicted octanol–water partition coefficient (Wildman–Crippen LogP) is 2.47. The van der Waals surface area contributed by atoms with Gasteiger partial charge in [-0.25, -0.2) is 0 Å². The van der Waals surface area contributed by atoms with E-state index in [1.165, 1.54) is 7.11 Å². The molecule has 1 aromatic rings. The first-order valence-corrected chi connectivity index (χ1v) is 5.80. The van der Waals surface area contributed by atoms with E-state index in [2.05, 4.69) is 4.74 Å². The molecule has 0 amide bonds. The molecule has 98 valence electrons. The summed E-state index contributed by atoms with van der Waals surface area (Å²) >= 11 is 0. The molecule has 1 aromatic carbocycles. The summed E-state index contributed by atoms with van der Waals surface area (Å²) in [5.74, 6) is -0.244. The molecule has 0 radical (unpaired) electrons. The first-order valence-electron chi connectivity index (χ1n) is 5.80. The molecule has 0 heterocycles. The van der Waals surface area contributed by atoms with Crippen molar-refractivity contribution in [3.8, 4) is 5.75 Å². The second-order valence-electron chi connectivity index (χ2n) is 4.20. The van der Waals surface area contributed by atoms with Gasteiger partial charge in [0, 0.05) is 0 Å². The molecule has 0 aliphatic carbocycles. The zero-order chi connectivity index (χ0) is 13.7. The maximum atomic E-state index is 11.6. The Morgan fingerprint density at radius 1 is 1.00 bits per heavy atom. The first kappa shape index (κ1) is 14.2. The number of benzene rings is 1. The third-order valence-electron chi connectivity index (χ3n) is 2.85. The van der Waals surface area contributed by atoms with Crippen LogP contribution in [0.2, 0.25) is 0 Å².